The van der Waals surface area contributed by atoms with Crippen molar-refractivity contribution < 1.29 is 9.69 Å². The van der Waals surface area contributed by atoms with Crippen molar-refractivity contribution in [2.75, 3.05) is 13.6 Å². The first kappa shape index (κ1) is 16.5. The molecule has 1 atom stereocenters. The number of hydrogen-bond acceptors (Lipinski definition) is 1. The van der Waals surface area contributed by atoms with Gasteiger partial charge in [-0.1, -0.05) is 53.6 Å². The number of benzene rings is 2. The molecule has 1 unspecified atom stereocenters. The Morgan fingerprint density at radius 1 is 1.05 bits per heavy atom. The summed E-state index contributed by atoms with van der Waals surface area (Å²) in [5, 5.41) is 3.65. The Bertz CT molecular complexity index is 608. The predicted octanol–water partition coefficient (Wildman–Crippen LogP) is 1.98. The molecule has 22 heavy (non-hydrogen) atoms. The van der Waals surface area contributed by atoms with Crippen molar-refractivity contribution in [2.45, 2.75) is 20.0 Å². The van der Waals surface area contributed by atoms with Crippen LogP contribution in [0.4, 0.5) is 0 Å². The van der Waals surface area contributed by atoms with Crippen LogP contribution in [0, 0.1) is 6.92 Å². The molecule has 2 aromatic rings. The summed E-state index contributed by atoms with van der Waals surface area (Å²) in [7, 11) is 2.03. The number of hydrogen-bond donors (Lipinski definition) is 2. The van der Waals surface area contributed by atoms with Crippen molar-refractivity contribution in [3.05, 3.63) is 70.2 Å². The molecule has 0 aliphatic rings. The van der Waals surface area contributed by atoms with Gasteiger partial charge in [0.2, 0.25) is 0 Å². The molecule has 0 bridgehead atoms. The van der Waals surface area contributed by atoms with Gasteiger partial charge in [0.1, 0.15) is 6.54 Å². The highest BCUT2D eigenvalue weighted by atomic mass is 35.5. The van der Waals surface area contributed by atoms with Gasteiger partial charge in [0.25, 0.3) is 5.91 Å². The normalized spacial score (nSPS) is 12.0. The lowest BCUT2D eigenvalue weighted by molar-refractivity contribution is -0.885. The first-order chi connectivity index (χ1) is 10.5. The van der Waals surface area contributed by atoms with E-state index < -0.39 is 0 Å². The van der Waals surface area contributed by atoms with Crippen molar-refractivity contribution in [1.29, 1.82) is 0 Å². The van der Waals surface area contributed by atoms with Crippen molar-refractivity contribution in [2.24, 2.45) is 0 Å². The van der Waals surface area contributed by atoms with Crippen LogP contribution in [0.15, 0.2) is 48.5 Å². The zero-order valence-electron chi connectivity index (χ0n) is 13.0. The van der Waals surface area contributed by atoms with Crippen LogP contribution in [0.2, 0.25) is 5.02 Å². The maximum Gasteiger partial charge on any atom is 0.275 e. The Balaban J connectivity index is 1.76. The highest BCUT2D eigenvalue weighted by Crippen LogP contribution is 2.08. The number of quaternary nitrogens is 1. The van der Waals surface area contributed by atoms with Crippen LogP contribution in [0.5, 0.6) is 0 Å². The molecular weight excluding hydrogens is 296 g/mol. The Hall–Kier alpha value is -1.84. The quantitative estimate of drug-likeness (QED) is 0.839. The third kappa shape index (κ3) is 5.51. The van der Waals surface area contributed by atoms with Gasteiger partial charge in [0, 0.05) is 17.1 Å². The summed E-state index contributed by atoms with van der Waals surface area (Å²) in [6.45, 7) is 3.91. The molecular formula is C18H22ClN2O+. The molecule has 2 rings (SSSR count). The maximum absolute atomic E-state index is 12.0. The van der Waals surface area contributed by atoms with Crippen LogP contribution in [-0.2, 0) is 17.9 Å². The average Bonchev–Trinajstić information content (AvgIpc) is 2.49. The van der Waals surface area contributed by atoms with Crippen molar-refractivity contribution in [3.8, 4) is 0 Å². The summed E-state index contributed by atoms with van der Waals surface area (Å²) >= 11 is 5.84. The minimum absolute atomic E-state index is 0.0551. The highest BCUT2D eigenvalue weighted by Gasteiger charge is 2.10. The summed E-state index contributed by atoms with van der Waals surface area (Å²) in [5.74, 6) is 0.0551. The van der Waals surface area contributed by atoms with E-state index in [2.05, 4.69) is 36.5 Å². The van der Waals surface area contributed by atoms with Crippen LogP contribution in [-0.4, -0.2) is 19.5 Å². The summed E-state index contributed by atoms with van der Waals surface area (Å²) < 4.78 is 0. The second-order valence-corrected chi connectivity index (χ2v) is 6.14. The van der Waals surface area contributed by atoms with Crippen LogP contribution < -0.4 is 10.2 Å². The van der Waals surface area contributed by atoms with Crippen LogP contribution in [0.25, 0.3) is 0 Å². The van der Waals surface area contributed by atoms with E-state index in [0.717, 1.165) is 17.0 Å². The van der Waals surface area contributed by atoms with Gasteiger partial charge in [-0.2, -0.15) is 0 Å². The monoisotopic (exact) mass is 317 g/mol. The number of carbonyl (C=O) groups is 1. The van der Waals surface area contributed by atoms with Crippen molar-refractivity contribution in [1.82, 2.24) is 5.32 Å². The summed E-state index contributed by atoms with van der Waals surface area (Å²) in [5.41, 5.74) is 3.55. The van der Waals surface area contributed by atoms with Crippen LogP contribution in [0.1, 0.15) is 16.7 Å². The van der Waals surface area contributed by atoms with E-state index in [0.29, 0.717) is 18.1 Å². The van der Waals surface area contributed by atoms with E-state index in [1.807, 2.05) is 31.3 Å². The molecule has 1 amide bonds. The first-order valence-corrected chi connectivity index (χ1v) is 7.79. The molecule has 4 heteroatoms. The Labute approximate surface area is 136 Å². The number of halogens is 1. The molecule has 2 aromatic carbocycles. The largest absolute Gasteiger partial charge is 0.347 e. The second-order valence-electron chi connectivity index (χ2n) is 5.70. The van der Waals surface area contributed by atoms with Gasteiger partial charge < -0.3 is 10.2 Å². The lowest BCUT2D eigenvalue weighted by Gasteiger charge is -2.14. The summed E-state index contributed by atoms with van der Waals surface area (Å²) in [6.07, 6.45) is 0. The molecule has 0 heterocycles. The fourth-order valence-electron chi connectivity index (χ4n) is 2.26. The number of likely N-dealkylation sites (N-methyl/N-ethyl adjacent to an activating group) is 1. The number of aryl methyl sites for hydroxylation is 1. The molecule has 0 spiro atoms. The zero-order chi connectivity index (χ0) is 15.9. The van der Waals surface area contributed by atoms with Crippen molar-refractivity contribution in [3.63, 3.8) is 0 Å². The molecule has 0 aliphatic carbocycles. The topological polar surface area (TPSA) is 33.5 Å². The van der Waals surface area contributed by atoms with Crippen LogP contribution in [0.3, 0.4) is 0 Å². The number of carbonyl (C=O) groups excluding carboxylic acids is 1. The summed E-state index contributed by atoms with van der Waals surface area (Å²) in [4.78, 5) is 13.1. The molecule has 0 saturated heterocycles. The van der Waals surface area contributed by atoms with Gasteiger partial charge in [-0.25, -0.2) is 0 Å². The molecule has 116 valence electrons. The molecule has 3 nitrogen and oxygen atoms in total. The Morgan fingerprint density at radius 3 is 2.27 bits per heavy atom. The summed E-state index contributed by atoms with van der Waals surface area (Å²) in [6, 6.07) is 15.9. The SMILES string of the molecule is Cc1ccc(C[NH+](C)CC(=O)NCc2ccc(Cl)cc2)cc1. The predicted molar refractivity (Wildman–Crippen MR) is 89.9 cm³/mol. The minimum atomic E-state index is 0.0551. The zero-order valence-corrected chi connectivity index (χ0v) is 13.8. The number of rotatable bonds is 6. The molecule has 0 aromatic heterocycles. The lowest BCUT2D eigenvalue weighted by atomic mass is 10.1. The van der Waals surface area contributed by atoms with Gasteiger partial charge in [0.05, 0.1) is 7.05 Å². The third-order valence-electron chi connectivity index (χ3n) is 3.49. The standard InChI is InChI=1S/C18H21ClN2O/c1-14-3-5-16(6-4-14)12-21(2)13-18(22)20-11-15-7-9-17(19)10-8-15/h3-10H,11-13H2,1-2H3,(H,20,22)/p+1. The Kier molecular flexibility index (Phi) is 5.99. The minimum Gasteiger partial charge on any atom is -0.347 e. The average molecular weight is 318 g/mol. The maximum atomic E-state index is 12.0. The van der Waals surface area contributed by atoms with Gasteiger partial charge >= 0.3 is 0 Å². The van der Waals surface area contributed by atoms with Gasteiger partial charge in [-0.3, -0.25) is 4.79 Å². The van der Waals surface area contributed by atoms with Crippen molar-refractivity contribution >= 4 is 17.5 Å². The first-order valence-electron chi connectivity index (χ1n) is 7.41. The van der Waals surface area contributed by atoms with E-state index in [9.17, 15) is 4.79 Å². The smallest absolute Gasteiger partial charge is 0.275 e. The van der Waals surface area contributed by atoms with E-state index >= 15 is 0 Å². The van der Waals surface area contributed by atoms with Crippen LogP contribution >= 0.6 is 11.6 Å². The fourth-order valence-corrected chi connectivity index (χ4v) is 2.38. The highest BCUT2D eigenvalue weighted by molar-refractivity contribution is 6.30. The molecule has 0 fully saturated rings. The number of amides is 1. The molecule has 0 aliphatic heterocycles. The third-order valence-corrected chi connectivity index (χ3v) is 3.74. The van der Waals surface area contributed by atoms with E-state index in [-0.39, 0.29) is 5.91 Å². The van der Waals surface area contributed by atoms with Gasteiger partial charge in [-0.05, 0) is 24.6 Å². The lowest BCUT2D eigenvalue weighted by Crippen LogP contribution is -3.08. The molecule has 0 saturated carbocycles. The molecule has 2 N–H and O–H groups in total. The Morgan fingerprint density at radius 2 is 1.64 bits per heavy atom. The van der Waals surface area contributed by atoms with E-state index in [1.54, 1.807) is 0 Å². The molecule has 0 radical (unpaired) electrons. The number of nitrogens with one attached hydrogen (secondary N) is 2. The fraction of sp³-hybridized carbons (Fsp3) is 0.278. The second kappa shape index (κ2) is 7.97. The van der Waals surface area contributed by atoms with E-state index in [4.69, 9.17) is 11.6 Å². The van der Waals surface area contributed by atoms with Gasteiger partial charge in [0.15, 0.2) is 6.54 Å². The van der Waals surface area contributed by atoms with E-state index in [1.165, 1.54) is 11.1 Å². The van der Waals surface area contributed by atoms with Gasteiger partial charge in [-0.15, -0.1) is 0 Å².